The Hall–Kier alpha value is -4.21. The summed E-state index contributed by atoms with van der Waals surface area (Å²) < 4.78 is 0. The van der Waals surface area contributed by atoms with Crippen LogP contribution in [0.25, 0.3) is 0 Å². The van der Waals surface area contributed by atoms with Crippen LogP contribution in [-0.2, 0) is 33.6 Å². The molecular formula is C27H51N11O9S. The van der Waals surface area contributed by atoms with Crippen LogP contribution in [0.3, 0.4) is 0 Å². The van der Waals surface area contributed by atoms with Crippen LogP contribution in [0.2, 0.25) is 0 Å². The van der Waals surface area contributed by atoms with Crippen LogP contribution >= 0.6 is 12.6 Å². The minimum absolute atomic E-state index is 0.0707. The summed E-state index contributed by atoms with van der Waals surface area (Å²) in [5, 5.41) is 33.2. The van der Waals surface area contributed by atoms with E-state index < -0.39 is 90.3 Å². The van der Waals surface area contributed by atoms with Gasteiger partial charge in [-0.2, -0.15) is 12.6 Å². The van der Waals surface area contributed by atoms with Crippen LogP contribution in [0.5, 0.6) is 0 Å². The van der Waals surface area contributed by atoms with E-state index in [9.17, 15) is 38.7 Å². The number of carboxylic acid groups (broad SMARTS) is 1. The molecule has 48 heavy (non-hydrogen) atoms. The normalized spacial score (nSPS) is 15.1. The van der Waals surface area contributed by atoms with Gasteiger partial charge in [0.05, 0.1) is 12.1 Å². The molecule has 0 unspecified atom stereocenters. The molecule has 274 valence electrons. The molecule has 0 aliphatic heterocycles. The van der Waals surface area contributed by atoms with E-state index >= 15 is 0 Å². The molecular weight excluding hydrogens is 654 g/mol. The third-order valence-electron chi connectivity index (χ3n) is 6.68. The Labute approximate surface area is 284 Å². The number of amides is 6. The molecule has 0 aliphatic rings. The molecule has 0 saturated heterocycles. The number of aliphatic hydroxyl groups is 1. The highest BCUT2D eigenvalue weighted by Gasteiger charge is 2.33. The first-order valence-corrected chi connectivity index (χ1v) is 15.9. The maximum absolute atomic E-state index is 13.2. The third-order valence-corrected chi connectivity index (χ3v) is 7.05. The third kappa shape index (κ3) is 17.6. The summed E-state index contributed by atoms with van der Waals surface area (Å²) in [5.74, 6) is -6.35. The number of aliphatic imine (C=N–C) groups is 1. The van der Waals surface area contributed by atoms with Gasteiger partial charge in [-0.3, -0.25) is 38.6 Å². The number of unbranched alkanes of at least 4 members (excludes halogenated alkanes) is 1. The van der Waals surface area contributed by atoms with Gasteiger partial charge in [-0.1, -0.05) is 0 Å². The molecule has 20 nitrogen and oxygen atoms in total. The van der Waals surface area contributed by atoms with Crippen molar-refractivity contribution in [3.63, 3.8) is 0 Å². The fraction of sp³-hybridized carbons (Fsp3) is 0.704. The van der Waals surface area contributed by atoms with Crippen molar-refractivity contribution >= 4 is 60.0 Å². The second-order valence-corrected chi connectivity index (χ2v) is 11.3. The van der Waals surface area contributed by atoms with Gasteiger partial charge in [-0.05, 0) is 59.4 Å². The van der Waals surface area contributed by atoms with Crippen molar-refractivity contribution < 1.29 is 43.8 Å². The number of aliphatic carboxylic acids is 1. The van der Waals surface area contributed by atoms with Crippen LogP contribution in [0.4, 0.5) is 0 Å². The van der Waals surface area contributed by atoms with Crippen LogP contribution in [-0.4, -0.2) is 125 Å². The Morgan fingerprint density at radius 3 is 1.81 bits per heavy atom. The number of guanidine groups is 1. The molecule has 0 saturated carbocycles. The molecule has 16 N–H and O–H groups in total. The van der Waals surface area contributed by atoms with Crippen molar-refractivity contribution in [1.82, 2.24) is 31.9 Å². The van der Waals surface area contributed by atoms with Crippen molar-refractivity contribution in [1.29, 1.82) is 0 Å². The number of nitrogens with zero attached hydrogens (tertiary/aromatic N) is 1. The van der Waals surface area contributed by atoms with E-state index in [0.29, 0.717) is 25.8 Å². The first kappa shape index (κ1) is 43.8. The highest BCUT2D eigenvalue weighted by Crippen LogP contribution is 2.05. The first-order chi connectivity index (χ1) is 22.4. The summed E-state index contributed by atoms with van der Waals surface area (Å²) in [5.41, 5.74) is 21.9. The number of aliphatic hydroxyl groups excluding tert-OH is 1. The second kappa shape index (κ2) is 23.2. The van der Waals surface area contributed by atoms with Gasteiger partial charge in [0.15, 0.2) is 5.96 Å². The number of hydrogen-bond acceptors (Lipinski definition) is 12. The summed E-state index contributed by atoms with van der Waals surface area (Å²) in [7, 11) is 0. The van der Waals surface area contributed by atoms with Crippen LogP contribution < -0.4 is 54.8 Å². The lowest BCUT2D eigenvalue weighted by molar-refractivity contribution is -0.138. The first-order valence-electron chi connectivity index (χ1n) is 15.3. The van der Waals surface area contributed by atoms with Gasteiger partial charge in [-0.15, -0.1) is 0 Å². The summed E-state index contributed by atoms with van der Waals surface area (Å²) in [4.78, 5) is 91.0. The van der Waals surface area contributed by atoms with E-state index in [1.165, 1.54) is 20.8 Å². The Morgan fingerprint density at radius 2 is 1.29 bits per heavy atom. The predicted octanol–water partition coefficient (Wildman–Crippen LogP) is -5.53. The molecule has 6 amide bonds. The predicted molar refractivity (Wildman–Crippen MR) is 178 cm³/mol. The number of nitrogens with two attached hydrogens (primary N) is 4. The molecule has 0 aromatic rings. The monoisotopic (exact) mass is 705 g/mol. The molecule has 0 fully saturated rings. The average molecular weight is 706 g/mol. The fourth-order valence-electron chi connectivity index (χ4n) is 3.90. The lowest BCUT2D eigenvalue weighted by Crippen LogP contribution is -2.61. The van der Waals surface area contributed by atoms with Gasteiger partial charge in [0, 0.05) is 12.3 Å². The number of carbonyl (C=O) groups excluding carboxylic acids is 6. The van der Waals surface area contributed by atoms with Crippen molar-refractivity contribution in [2.75, 3.05) is 25.4 Å². The number of carboxylic acids is 1. The highest BCUT2D eigenvalue weighted by molar-refractivity contribution is 7.80. The van der Waals surface area contributed by atoms with Gasteiger partial charge >= 0.3 is 5.97 Å². The van der Waals surface area contributed by atoms with Gasteiger partial charge in [-0.25, -0.2) is 0 Å². The summed E-state index contributed by atoms with van der Waals surface area (Å²) in [6.07, 6.45) is 0.157. The van der Waals surface area contributed by atoms with Crippen molar-refractivity contribution in [2.24, 2.45) is 27.9 Å². The maximum Gasteiger partial charge on any atom is 0.322 e. The van der Waals surface area contributed by atoms with E-state index in [1.54, 1.807) is 0 Å². The molecule has 0 aliphatic carbocycles. The lowest BCUT2D eigenvalue weighted by Gasteiger charge is -2.27. The molecule has 21 heteroatoms. The Balaban J connectivity index is 5.38. The summed E-state index contributed by atoms with van der Waals surface area (Å²) in [6, 6.07) is -7.31. The van der Waals surface area contributed by atoms with E-state index in [4.69, 9.17) is 28.0 Å². The van der Waals surface area contributed by atoms with Crippen molar-refractivity contribution in [3.8, 4) is 0 Å². The highest BCUT2D eigenvalue weighted by atomic mass is 32.1. The molecule has 0 aromatic carbocycles. The second-order valence-electron chi connectivity index (χ2n) is 10.9. The van der Waals surface area contributed by atoms with Gasteiger partial charge in [0.1, 0.15) is 36.8 Å². The van der Waals surface area contributed by atoms with Gasteiger partial charge < -0.3 is 65.0 Å². The molecule has 7 atom stereocenters. The van der Waals surface area contributed by atoms with Gasteiger partial charge in [0.2, 0.25) is 35.4 Å². The number of nitrogens with one attached hydrogen (secondary N) is 6. The van der Waals surface area contributed by atoms with Crippen LogP contribution in [0.1, 0.15) is 52.9 Å². The summed E-state index contributed by atoms with van der Waals surface area (Å²) in [6.45, 7) is 3.79. The van der Waals surface area contributed by atoms with Gasteiger partial charge in [0.25, 0.3) is 0 Å². The Bertz CT molecular complexity index is 1140. The van der Waals surface area contributed by atoms with E-state index in [0.717, 1.165) is 0 Å². The number of rotatable bonds is 23. The molecule has 0 spiro atoms. The van der Waals surface area contributed by atoms with Crippen molar-refractivity contribution in [2.45, 2.75) is 95.2 Å². The lowest BCUT2D eigenvalue weighted by atomic mass is 10.1. The van der Waals surface area contributed by atoms with E-state index in [2.05, 4.69) is 49.5 Å². The minimum Gasteiger partial charge on any atom is -0.480 e. The topological polar surface area (TPSA) is 349 Å². The zero-order valence-corrected chi connectivity index (χ0v) is 28.3. The summed E-state index contributed by atoms with van der Waals surface area (Å²) >= 11 is 4.02. The smallest absolute Gasteiger partial charge is 0.322 e. The van der Waals surface area contributed by atoms with Crippen LogP contribution in [0.15, 0.2) is 4.99 Å². The fourth-order valence-corrected chi connectivity index (χ4v) is 4.16. The Morgan fingerprint density at radius 1 is 0.729 bits per heavy atom. The average Bonchev–Trinajstić information content (AvgIpc) is 3.01. The molecule has 0 bridgehead atoms. The zero-order chi connectivity index (χ0) is 37.0. The Kier molecular flexibility index (Phi) is 21.1. The SMILES string of the molecule is C[C@H](NC(=O)[C@H](C)NC(=O)[C@@H](N)CCCN=C(N)N)C(=O)N[C@H](C(=O)N[C@@H](CCCCN)C(=O)N[C@@H](CS)C(=O)NCC(=O)O)[C@@H](C)O. The molecule has 0 aromatic heterocycles. The van der Waals surface area contributed by atoms with Crippen LogP contribution in [0, 0.1) is 0 Å². The standard InChI is InChI=1S/C27H51N11O9S/c1-13(35-23(44)16(29)7-6-10-32-27(30)31)21(42)34-14(2)22(43)38-20(15(3)39)26(47)36-17(8-4-5-9-28)25(46)37-18(12-48)24(45)33-11-19(40)41/h13-18,20,39,48H,4-12,28-29H2,1-3H3,(H,33,45)(H,34,42)(H,35,44)(H,36,47)(H,37,46)(H,38,43)(H,40,41)(H4,30,31,32)/t13-,14-,15+,16-,17-,18-,20-/m0/s1. The molecule has 0 heterocycles. The van der Waals surface area contributed by atoms with Crippen molar-refractivity contribution in [3.05, 3.63) is 0 Å². The molecule has 0 radical (unpaired) electrons. The quantitative estimate of drug-likeness (QED) is 0.0204. The maximum atomic E-state index is 13.2. The number of hydrogen-bond donors (Lipinski definition) is 13. The van der Waals surface area contributed by atoms with E-state index in [-0.39, 0.29) is 31.1 Å². The number of carbonyl (C=O) groups is 7. The zero-order valence-electron chi connectivity index (χ0n) is 27.4. The number of thiol groups is 1. The minimum atomic E-state index is -1.57. The van der Waals surface area contributed by atoms with E-state index in [1.807, 2.05) is 0 Å². The largest absolute Gasteiger partial charge is 0.480 e. The molecule has 0 rings (SSSR count).